The fourth-order valence-corrected chi connectivity index (χ4v) is 4.85. The number of nitrogens with zero attached hydrogens (tertiary/aromatic N) is 2. The van der Waals surface area contributed by atoms with Crippen molar-refractivity contribution in [3.63, 3.8) is 0 Å². The molecule has 0 saturated heterocycles. The minimum atomic E-state index is -4.02. The van der Waals surface area contributed by atoms with Crippen LogP contribution in [0.25, 0.3) is 0 Å². The molecule has 3 aromatic carbocycles. The quantitative estimate of drug-likeness (QED) is 0.351. The molecule has 0 bridgehead atoms. The first kappa shape index (κ1) is 26.6. The Hall–Kier alpha value is -3.98. The van der Waals surface area contributed by atoms with Crippen LogP contribution in [0.5, 0.6) is 0 Å². The van der Waals surface area contributed by atoms with E-state index < -0.39 is 22.5 Å². The molecule has 36 heavy (non-hydrogen) atoms. The van der Waals surface area contributed by atoms with E-state index in [1.165, 1.54) is 19.1 Å². The van der Waals surface area contributed by atoms with Crippen LogP contribution in [0.1, 0.15) is 36.1 Å². The van der Waals surface area contributed by atoms with Gasteiger partial charge in [-0.25, -0.2) is 13.8 Å². The molecule has 0 heterocycles. The number of hydrazone groups is 1. The summed E-state index contributed by atoms with van der Waals surface area (Å²) >= 11 is 0. The summed E-state index contributed by atoms with van der Waals surface area (Å²) in [5.41, 5.74) is 7.48. The molecule has 0 radical (unpaired) electrons. The molecule has 0 aliphatic rings. The first-order chi connectivity index (χ1) is 17.0. The number of anilines is 2. The average molecular weight is 507 g/mol. The maximum Gasteiger partial charge on any atom is 0.264 e. The second kappa shape index (κ2) is 11.2. The number of hydrogen-bond acceptors (Lipinski definition) is 5. The lowest BCUT2D eigenvalue weighted by atomic mass is 10.1. The van der Waals surface area contributed by atoms with Crippen molar-refractivity contribution in [3.8, 4) is 0 Å². The topological polar surface area (TPSA) is 108 Å². The number of benzene rings is 3. The zero-order valence-electron chi connectivity index (χ0n) is 21.0. The highest BCUT2D eigenvalue weighted by Gasteiger charge is 2.27. The summed E-state index contributed by atoms with van der Waals surface area (Å²) < 4.78 is 28.2. The van der Waals surface area contributed by atoms with E-state index in [1.807, 2.05) is 26.8 Å². The van der Waals surface area contributed by atoms with Gasteiger partial charge in [-0.1, -0.05) is 35.9 Å². The van der Waals surface area contributed by atoms with Crippen molar-refractivity contribution in [2.45, 2.75) is 39.5 Å². The molecule has 188 valence electrons. The minimum Gasteiger partial charge on any atom is -0.326 e. The van der Waals surface area contributed by atoms with Crippen LogP contribution in [0, 0.1) is 20.8 Å². The number of amides is 2. The number of carbonyl (C=O) groups excluding carboxylic acids is 2. The van der Waals surface area contributed by atoms with Crippen molar-refractivity contribution in [1.29, 1.82) is 0 Å². The van der Waals surface area contributed by atoms with Gasteiger partial charge in [0.15, 0.2) is 0 Å². The van der Waals surface area contributed by atoms with Gasteiger partial charge in [0, 0.05) is 12.6 Å². The zero-order valence-corrected chi connectivity index (χ0v) is 21.8. The van der Waals surface area contributed by atoms with Gasteiger partial charge in [-0.15, -0.1) is 0 Å². The second-order valence-corrected chi connectivity index (χ2v) is 10.4. The summed E-state index contributed by atoms with van der Waals surface area (Å²) in [4.78, 5) is 24.3. The Kier molecular flexibility index (Phi) is 8.26. The average Bonchev–Trinajstić information content (AvgIpc) is 2.82. The number of carbonyl (C=O) groups is 2. The van der Waals surface area contributed by atoms with E-state index in [1.54, 1.807) is 55.5 Å². The van der Waals surface area contributed by atoms with Crippen molar-refractivity contribution in [3.05, 3.63) is 89.0 Å². The van der Waals surface area contributed by atoms with E-state index in [0.29, 0.717) is 22.6 Å². The fourth-order valence-electron chi connectivity index (χ4n) is 3.44. The Morgan fingerprint density at radius 3 is 2.22 bits per heavy atom. The van der Waals surface area contributed by atoms with Crippen molar-refractivity contribution in [1.82, 2.24) is 5.43 Å². The van der Waals surface area contributed by atoms with Gasteiger partial charge in [0.25, 0.3) is 15.9 Å². The summed E-state index contributed by atoms with van der Waals surface area (Å²) in [6, 6.07) is 18.8. The van der Waals surface area contributed by atoms with E-state index in [-0.39, 0.29) is 10.8 Å². The molecule has 0 aromatic heterocycles. The van der Waals surface area contributed by atoms with Gasteiger partial charge < -0.3 is 5.32 Å². The summed E-state index contributed by atoms with van der Waals surface area (Å²) in [6.45, 7) is 8.36. The normalized spacial score (nSPS) is 11.6. The molecule has 2 N–H and O–H groups in total. The third kappa shape index (κ3) is 6.57. The van der Waals surface area contributed by atoms with Gasteiger partial charge in [0.2, 0.25) is 5.91 Å². The van der Waals surface area contributed by atoms with Crippen LogP contribution in [0.15, 0.2) is 76.7 Å². The molecule has 3 rings (SSSR count). The molecule has 2 amide bonds. The Balaban J connectivity index is 1.87. The number of rotatable bonds is 8. The van der Waals surface area contributed by atoms with Crippen molar-refractivity contribution in [2.24, 2.45) is 5.10 Å². The molecule has 0 unspecified atom stereocenters. The number of sulfonamides is 1. The van der Waals surface area contributed by atoms with Crippen LogP contribution in [0.3, 0.4) is 0 Å². The predicted octanol–water partition coefficient (Wildman–Crippen LogP) is 4.31. The largest absolute Gasteiger partial charge is 0.326 e. The van der Waals surface area contributed by atoms with Gasteiger partial charge in [0.05, 0.1) is 16.3 Å². The van der Waals surface area contributed by atoms with E-state index in [9.17, 15) is 18.0 Å². The highest BCUT2D eigenvalue weighted by Crippen LogP contribution is 2.26. The summed E-state index contributed by atoms with van der Waals surface area (Å²) in [7, 11) is -4.02. The van der Waals surface area contributed by atoms with Crippen molar-refractivity contribution in [2.75, 3.05) is 16.2 Å². The van der Waals surface area contributed by atoms with Crippen molar-refractivity contribution < 1.29 is 18.0 Å². The number of nitrogens with one attached hydrogen (secondary N) is 2. The molecule has 0 aliphatic carbocycles. The van der Waals surface area contributed by atoms with Crippen LogP contribution in [-0.2, 0) is 19.6 Å². The van der Waals surface area contributed by atoms with Crippen LogP contribution >= 0.6 is 0 Å². The Morgan fingerprint density at radius 2 is 1.58 bits per heavy atom. The maximum atomic E-state index is 13.5. The van der Waals surface area contributed by atoms with Gasteiger partial charge in [-0.05, 0) is 80.8 Å². The molecule has 0 saturated carbocycles. The molecule has 0 spiro atoms. The molecular formula is C27H30N4O4S. The first-order valence-electron chi connectivity index (χ1n) is 11.3. The Morgan fingerprint density at radius 1 is 0.889 bits per heavy atom. The standard InChI is InChI=1S/C27H30N4O4S/c1-18-9-13-26(14-10-18)36(34,35)31(25-12-11-19(2)20(3)15-25)17-27(33)30-29-21(4)23-7-6-8-24(16-23)28-22(5)32/h6-16H,17H2,1-5H3,(H,28,32)(H,30,33)/b29-21+. The molecule has 0 atom stereocenters. The summed E-state index contributed by atoms with van der Waals surface area (Å²) in [6.07, 6.45) is 0. The Labute approximate surface area is 212 Å². The van der Waals surface area contributed by atoms with E-state index in [4.69, 9.17) is 0 Å². The highest BCUT2D eigenvalue weighted by molar-refractivity contribution is 7.92. The molecule has 3 aromatic rings. The van der Waals surface area contributed by atoms with Gasteiger partial charge in [0.1, 0.15) is 6.54 Å². The van der Waals surface area contributed by atoms with E-state index in [2.05, 4.69) is 15.8 Å². The zero-order chi connectivity index (χ0) is 26.5. The number of hydrogen-bond donors (Lipinski definition) is 2. The molecule has 0 aliphatic heterocycles. The summed E-state index contributed by atoms with van der Waals surface area (Å²) in [5, 5.41) is 6.84. The third-order valence-electron chi connectivity index (χ3n) is 5.62. The van der Waals surface area contributed by atoms with Crippen LogP contribution in [0.4, 0.5) is 11.4 Å². The Bertz CT molecular complexity index is 1410. The van der Waals surface area contributed by atoms with Crippen molar-refractivity contribution >= 4 is 38.9 Å². The molecule has 9 heteroatoms. The number of aryl methyl sites for hydroxylation is 3. The lowest BCUT2D eigenvalue weighted by Gasteiger charge is -2.24. The monoisotopic (exact) mass is 506 g/mol. The maximum absolute atomic E-state index is 13.5. The second-order valence-electron chi connectivity index (χ2n) is 8.59. The van der Waals surface area contributed by atoms with Gasteiger partial charge >= 0.3 is 0 Å². The lowest BCUT2D eigenvalue weighted by Crippen LogP contribution is -2.39. The van der Waals surface area contributed by atoms with Crippen LogP contribution < -0.4 is 15.0 Å². The van der Waals surface area contributed by atoms with Crippen LogP contribution in [-0.4, -0.2) is 32.5 Å². The molecule has 8 nitrogen and oxygen atoms in total. The molecular weight excluding hydrogens is 476 g/mol. The molecule has 0 fully saturated rings. The SMILES string of the molecule is CC(=O)Nc1cccc(/C(C)=N/NC(=O)CN(c2ccc(C)c(C)c2)S(=O)(=O)c2ccc(C)cc2)c1. The smallest absolute Gasteiger partial charge is 0.264 e. The third-order valence-corrected chi connectivity index (χ3v) is 7.41. The van der Waals surface area contributed by atoms with E-state index >= 15 is 0 Å². The van der Waals surface area contributed by atoms with Gasteiger partial charge in [-0.3, -0.25) is 13.9 Å². The van der Waals surface area contributed by atoms with Gasteiger partial charge in [-0.2, -0.15) is 5.10 Å². The lowest BCUT2D eigenvalue weighted by molar-refractivity contribution is -0.119. The van der Waals surface area contributed by atoms with Crippen LogP contribution in [0.2, 0.25) is 0 Å². The highest BCUT2D eigenvalue weighted by atomic mass is 32.2. The first-order valence-corrected chi connectivity index (χ1v) is 12.8. The predicted molar refractivity (Wildman–Crippen MR) is 143 cm³/mol. The fraction of sp³-hybridized carbons (Fsp3) is 0.222. The van der Waals surface area contributed by atoms with E-state index in [0.717, 1.165) is 21.0 Å². The summed E-state index contributed by atoms with van der Waals surface area (Å²) in [5.74, 6) is -0.794. The minimum absolute atomic E-state index is 0.0913.